The van der Waals surface area contributed by atoms with Crippen LogP contribution in [0.2, 0.25) is 0 Å². The van der Waals surface area contributed by atoms with Gasteiger partial charge in [-0.1, -0.05) is 0 Å². The van der Waals surface area contributed by atoms with Gasteiger partial charge in [-0.2, -0.15) is 0 Å². The molecule has 2 rings (SSSR count). The van der Waals surface area contributed by atoms with Crippen molar-refractivity contribution in [2.45, 2.75) is 49.7 Å². The minimum atomic E-state index is -0.718. The second-order valence-corrected chi connectivity index (χ2v) is 5.54. The van der Waals surface area contributed by atoms with Crippen LogP contribution < -0.4 is 5.32 Å². The quantitative estimate of drug-likeness (QED) is 0.775. The zero-order chi connectivity index (χ0) is 13.2. The highest BCUT2D eigenvalue weighted by molar-refractivity contribution is 5.79. The third-order valence-corrected chi connectivity index (χ3v) is 4.72. The van der Waals surface area contributed by atoms with Crippen LogP contribution in [0.4, 0.5) is 0 Å². The molecule has 2 fully saturated rings. The number of likely N-dealkylation sites (N-methyl/N-ethyl adjacent to an activating group) is 1. The topological polar surface area (TPSA) is 61.8 Å². The summed E-state index contributed by atoms with van der Waals surface area (Å²) in [4.78, 5) is 13.8. The largest absolute Gasteiger partial charge is 0.480 e. The normalized spacial score (nSPS) is 34.1. The molecule has 1 saturated heterocycles. The van der Waals surface area contributed by atoms with Gasteiger partial charge in [0.15, 0.2) is 0 Å². The van der Waals surface area contributed by atoms with Gasteiger partial charge in [-0.05, 0) is 46.2 Å². The molecule has 5 heteroatoms. The molecular weight excluding hydrogens is 232 g/mol. The molecule has 2 unspecified atom stereocenters. The summed E-state index contributed by atoms with van der Waals surface area (Å²) in [5, 5.41) is 12.4. The van der Waals surface area contributed by atoms with Crippen molar-refractivity contribution in [2.75, 3.05) is 27.3 Å². The summed E-state index contributed by atoms with van der Waals surface area (Å²) in [5.41, 5.74) is -0.718. The standard InChI is InChI=1S/C13H24N2O3/c1-14-13(12(16)17)6-3-11(9-13)15(2)10-4-7-18-8-5-10/h10-11,14H,3-9H2,1-2H3,(H,16,17). The Balaban J connectivity index is 1.96. The highest BCUT2D eigenvalue weighted by Crippen LogP contribution is 2.34. The molecule has 0 bridgehead atoms. The monoisotopic (exact) mass is 256 g/mol. The first-order chi connectivity index (χ1) is 8.59. The van der Waals surface area contributed by atoms with E-state index in [1.165, 1.54) is 0 Å². The number of aliphatic carboxylic acids is 1. The minimum Gasteiger partial charge on any atom is -0.480 e. The van der Waals surface area contributed by atoms with Crippen LogP contribution >= 0.6 is 0 Å². The van der Waals surface area contributed by atoms with Crippen molar-refractivity contribution >= 4 is 5.97 Å². The number of carboxylic acid groups (broad SMARTS) is 1. The molecule has 18 heavy (non-hydrogen) atoms. The van der Waals surface area contributed by atoms with E-state index < -0.39 is 11.5 Å². The summed E-state index contributed by atoms with van der Waals surface area (Å²) in [7, 11) is 3.89. The van der Waals surface area contributed by atoms with Crippen LogP contribution in [0.1, 0.15) is 32.1 Å². The molecule has 104 valence electrons. The van der Waals surface area contributed by atoms with Gasteiger partial charge in [0.1, 0.15) is 5.54 Å². The molecular formula is C13H24N2O3. The number of carbonyl (C=O) groups is 1. The van der Waals surface area contributed by atoms with Gasteiger partial charge in [0.25, 0.3) is 0 Å². The fourth-order valence-corrected chi connectivity index (χ4v) is 3.29. The lowest BCUT2D eigenvalue weighted by Gasteiger charge is -2.36. The number of nitrogens with zero attached hydrogens (tertiary/aromatic N) is 1. The Morgan fingerprint density at radius 2 is 2.00 bits per heavy atom. The number of rotatable bonds is 4. The zero-order valence-electron chi connectivity index (χ0n) is 11.3. The smallest absolute Gasteiger partial charge is 0.323 e. The van der Waals surface area contributed by atoms with Crippen molar-refractivity contribution in [3.05, 3.63) is 0 Å². The van der Waals surface area contributed by atoms with E-state index in [0.717, 1.165) is 38.9 Å². The lowest BCUT2D eigenvalue weighted by atomic mass is 9.97. The van der Waals surface area contributed by atoms with Gasteiger partial charge >= 0.3 is 5.97 Å². The summed E-state index contributed by atoms with van der Waals surface area (Å²) in [6.45, 7) is 1.66. The first-order valence-corrected chi connectivity index (χ1v) is 6.81. The van der Waals surface area contributed by atoms with Gasteiger partial charge in [0.2, 0.25) is 0 Å². The van der Waals surface area contributed by atoms with Crippen molar-refractivity contribution in [3.63, 3.8) is 0 Å². The van der Waals surface area contributed by atoms with E-state index in [9.17, 15) is 9.90 Å². The lowest BCUT2D eigenvalue weighted by Crippen LogP contribution is -2.50. The van der Waals surface area contributed by atoms with Crippen molar-refractivity contribution in [1.82, 2.24) is 10.2 Å². The Labute approximate surface area is 108 Å². The fraction of sp³-hybridized carbons (Fsp3) is 0.923. The molecule has 0 spiro atoms. The Bertz CT molecular complexity index is 305. The maximum Gasteiger partial charge on any atom is 0.323 e. The van der Waals surface area contributed by atoms with E-state index in [1.807, 2.05) is 0 Å². The molecule has 1 aliphatic carbocycles. The summed E-state index contributed by atoms with van der Waals surface area (Å²) in [5.74, 6) is -0.715. The molecule has 2 aliphatic rings. The van der Waals surface area contributed by atoms with Crippen molar-refractivity contribution < 1.29 is 14.6 Å². The Morgan fingerprint density at radius 1 is 1.33 bits per heavy atom. The summed E-state index contributed by atoms with van der Waals surface area (Å²) >= 11 is 0. The average Bonchev–Trinajstić information content (AvgIpc) is 2.84. The molecule has 0 aromatic heterocycles. The Kier molecular flexibility index (Phi) is 4.25. The summed E-state index contributed by atoms with van der Waals surface area (Å²) in [6, 6.07) is 0.918. The molecule has 1 heterocycles. The Morgan fingerprint density at radius 3 is 2.50 bits per heavy atom. The van der Waals surface area contributed by atoms with E-state index in [-0.39, 0.29) is 0 Å². The van der Waals surface area contributed by atoms with Gasteiger partial charge < -0.3 is 20.1 Å². The maximum atomic E-state index is 11.4. The maximum absolute atomic E-state index is 11.4. The number of nitrogens with one attached hydrogen (secondary N) is 1. The second kappa shape index (κ2) is 5.55. The molecule has 0 aromatic carbocycles. The van der Waals surface area contributed by atoms with Crippen LogP contribution in [-0.2, 0) is 9.53 Å². The van der Waals surface area contributed by atoms with Crippen LogP contribution in [0, 0.1) is 0 Å². The van der Waals surface area contributed by atoms with Crippen LogP contribution in [0.3, 0.4) is 0 Å². The molecule has 5 nitrogen and oxygen atoms in total. The number of hydrogen-bond acceptors (Lipinski definition) is 4. The summed E-state index contributed by atoms with van der Waals surface area (Å²) < 4.78 is 5.38. The predicted octanol–water partition coefficient (Wildman–Crippen LogP) is 0.693. The van der Waals surface area contributed by atoms with Crippen LogP contribution in [-0.4, -0.2) is 60.9 Å². The molecule has 2 atom stereocenters. The van der Waals surface area contributed by atoms with Crippen molar-refractivity contribution in [2.24, 2.45) is 0 Å². The second-order valence-electron chi connectivity index (χ2n) is 5.54. The lowest BCUT2D eigenvalue weighted by molar-refractivity contribution is -0.144. The highest BCUT2D eigenvalue weighted by Gasteiger charge is 2.46. The van der Waals surface area contributed by atoms with Gasteiger partial charge in [0, 0.05) is 25.3 Å². The van der Waals surface area contributed by atoms with Gasteiger partial charge in [-0.3, -0.25) is 4.79 Å². The third-order valence-electron chi connectivity index (χ3n) is 4.72. The third kappa shape index (κ3) is 2.53. The van der Waals surface area contributed by atoms with E-state index in [0.29, 0.717) is 18.5 Å². The summed E-state index contributed by atoms with van der Waals surface area (Å²) in [6.07, 6.45) is 4.50. The van der Waals surface area contributed by atoms with E-state index in [4.69, 9.17) is 4.74 Å². The van der Waals surface area contributed by atoms with Gasteiger partial charge in [-0.25, -0.2) is 0 Å². The van der Waals surface area contributed by atoms with Crippen molar-refractivity contribution in [1.29, 1.82) is 0 Å². The number of carboxylic acids is 1. The Hall–Kier alpha value is -0.650. The predicted molar refractivity (Wildman–Crippen MR) is 68.7 cm³/mol. The minimum absolute atomic E-state index is 0.372. The number of hydrogen-bond donors (Lipinski definition) is 2. The molecule has 0 aromatic rings. The van der Waals surface area contributed by atoms with Crippen molar-refractivity contribution in [3.8, 4) is 0 Å². The molecule has 2 N–H and O–H groups in total. The average molecular weight is 256 g/mol. The molecule has 0 amide bonds. The van der Waals surface area contributed by atoms with Crippen LogP contribution in [0.25, 0.3) is 0 Å². The van der Waals surface area contributed by atoms with Gasteiger partial charge in [0.05, 0.1) is 0 Å². The highest BCUT2D eigenvalue weighted by atomic mass is 16.5. The fourth-order valence-electron chi connectivity index (χ4n) is 3.29. The first kappa shape index (κ1) is 13.8. The SMILES string of the molecule is CNC1(C(=O)O)CCC(N(C)C2CCOCC2)C1. The molecule has 0 radical (unpaired) electrons. The van der Waals surface area contributed by atoms with E-state index in [1.54, 1.807) is 7.05 Å². The van der Waals surface area contributed by atoms with Crippen LogP contribution in [0.15, 0.2) is 0 Å². The van der Waals surface area contributed by atoms with Gasteiger partial charge in [-0.15, -0.1) is 0 Å². The van der Waals surface area contributed by atoms with Crippen LogP contribution in [0.5, 0.6) is 0 Å². The molecule has 1 aliphatic heterocycles. The number of ether oxygens (including phenoxy) is 1. The molecule has 1 saturated carbocycles. The zero-order valence-corrected chi connectivity index (χ0v) is 11.3. The first-order valence-electron chi connectivity index (χ1n) is 6.81. The van der Waals surface area contributed by atoms with E-state index in [2.05, 4.69) is 17.3 Å². The van der Waals surface area contributed by atoms with E-state index >= 15 is 0 Å².